The molecule has 2 heterocycles. The molecule has 1 aliphatic rings. The van der Waals surface area contributed by atoms with E-state index in [9.17, 15) is 0 Å². The van der Waals surface area contributed by atoms with Gasteiger partial charge in [0.15, 0.2) is 0 Å². The van der Waals surface area contributed by atoms with E-state index >= 15 is 0 Å². The molecule has 2 rings (SSSR count). The van der Waals surface area contributed by atoms with Crippen molar-refractivity contribution in [2.45, 2.75) is 43.9 Å². The van der Waals surface area contributed by atoms with Crippen LogP contribution in [0, 0.1) is 0 Å². The topological polar surface area (TPSA) is 12.0 Å². The van der Waals surface area contributed by atoms with Gasteiger partial charge >= 0.3 is 0 Å². The van der Waals surface area contributed by atoms with Crippen LogP contribution >= 0.6 is 39.0 Å². The molecule has 0 bridgehead atoms. The first kappa shape index (κ1) is 13.9. The highest BCUT2D eigenvalue weighted by Crippen LogP contribution is 2.41. The molecule has 0 aliphatic carbocycles. The molecule has 0 amide bonds. The standard InChI is InChI=1S/C13H20BrNS2/c1-3-15-12(13(2)5-4-6-17-13)8-11-7-10(14)9-16-11/h7,9,12,15H,3-6,8H2,1-2H3. The van der Waals surface area contributed by atoms with Crippen LogP contribution in [-0.2, 0) is 6.42 Å². The normalized spacial score (nSPS) is 26.3. The van der Waals surface area contributed by atoms with E-state index in [-0.39, 0.29) is 0 Å². The average Bonchev–Trinajstić information content (AvgIpc) is 2.88. The van der Waals surface area contributed by atoms with Gasteiger partial charge in [-0.2, -0.15) is 11.8 Å². The van der Waals surface area contributed by atoms with E-state index in [2.05, 4.69) is 58.3 Å². The number of nitrogens with one attached hydrogen (secondary N) is 1. The van der Waals surface area contributed by atoms with Gasteiger partial charge in [0.2, 0.25) is 0 Å². The molecule has 1 saturated heterocycles. The van der Waals surface area contributed by atoms with Gasteiger partial charge < -0.3 is 5.32 Å². The number of hydrogen-bond donors (Lipinski definition) is 1. The van der Waals surface area contributed by atoms with Gasteiger partial charge in [-0.05, 0) is 60.5 Å². The first-order valence-corrected chi connectivity index (χ1v) is 8.90. The Balaban J connectivity index is 2.06. The Labute approximate surface area is 121 Å². The molecular weight excluding hydrogens is 314 g/mol. The number of likely N-dealkylation sites (N-methyl/N-ethyl adjacent to an activating group) is 1. The van der Waals surface area contributed by atoms with Crippen LogP contribution in [0.5, 0.6) is 0 Å². The molecule has 1 aliphatic heterocycles. The fourth-order valence-corrected chi connectivity index (χ4v) is 5.40. The van der Waals surface area contributed by atoms with Gasteiger partial charge in [-0.3, -0.25) is 0 Å². The smallest absolute Gasteiger partial charge is 0.0288 e. The number of thiophene rings is 1. The Morgan fingerprint density at radius 3 is 2.94 bits per heavy atom. The molecule has 1 fully saturated rings. The van der Waals surface area contributed by atoms with E-state index in [4.69, 9.17) is 0 Å². The lowest BCUT2D eigenvalue weighted by Gasteiger charge is -2.33. The second-order valence-corrected chi connectivity index (χ2v) is 8.35. The average molecular weight is 334 g/mol. The zero-order valence-corrected chi connectivity index (χ0v) is 13.7. The lowest BCUT2D eigenvalue weighted by Crippen LogP contribution is -2.46. The Morgan fingerprint density at radius 2 is 2.41 bits per heavy atom. The van der Waals surface area contributed by atoms with Crippen molar-refractivity contribution in [1.82, 2.24) is 5.32 Å². The minimum atomic E-state index is 0.423. The van der Waals surface area contributed by atoms with E-state index in [1.54, 1.807) is 0 Å². The minimum absolute atomic E-state index is 0.423. The summed E-state index contributed by atoms with van der Waals surface area (Å²) < 4.78 is 1.64. The summed E-state index contributed by atoms with van der Waals surface area (Å²) in [5.41, 5.74) is 0. The number of thioether (sulfide) groups is 1. The van der Waals surface area contributed by atoms with Crippen molar-refractivity contribution in [2.24, 2.45) is 0 Å². The van der Waals surface area contributed by atoms with E-state index in [1.807, 2.05) is 11.3 Å². The van der Waals surface area contributed by atoms with Gasteiger partial charge in [-0.1, -0.05) is 6.92 Å². The van der Waals surface area contributed by atoms with Gasteiger partial charge in [0, 0.05) is 25.5 Å². The number of rotatable bonds is 5. The van der Waals surface area contributed by atoms with Gasteiger partial charge in [0.25, 0.3) is 0 Å². The summed E-state index contributed by atoms with van der Waals surface area (Å²) >= 11 is 7.56. The fraction of sp³-hybridized carbons (Fsp3) is 0.692. The van der Waals surface area contributed by atoms with Crippen LogP contribution in [0.1, 0.15) is 31.6 Å². The van der Waals surface area contributed by atoms with Crippen molar-refractivity contribution in [3.8, 4) is 0 Å². The minimum Gasteiger partial charge on any atom is -0.313 e. The molecule has 17 heavy (non-hydrogen) atoms. The lowest BCUT2D eigenvalue weighted by molar-refractivity contribution is 0.408. The summed E-state index contributed by atoms with van der Waals surface area (Å²) in [4.78, 5) is 1.48. The van der Waals surface area contributed by atoms with Crippen molar-refractivity contribution in [3.05, 3.63) is 20.8 Å². The number of halogens is 1. The highest BCUT2D eigenvalue weighted by Gasteiger charge is 2.37. The molecular formula is C13H20BrNS2. The highest BCUT2D eigenvalue weighted by molar-refractivity contribution is 9.10. The maximum absolute atomic E-state index is 3.69. The van der Waals surface area contributed by atoms with E-state index in [1.165, 1.54) is 27.9 Å². The van der Waals surface area contributed by atoms with Crippen LogP contribution < -0.4 is 5.32 Å². The first-order chi connectivity index (χ1) is 8.14. The third-order valence-electron chi connectivity index (χ3n) is 3.46. The maximum Gasteiger partial charge on any atom is 0.0288 e. The molecule has 2 unspecified atom stereocenters. The summed E-state index contributed by atoms with van der Waals surface area (Å²) in [5, 5.41) is 5.88. The molecule has 0 spiro atoms. The zero-order valence-electron chi connectivity index (χ0n) is 10.5. The summed E-state index contributed by atoms with van der Waals surface area (Å²) in [6.45, 7) is 5.70. The Hall–Kier alpha value is 0.490. The highest BCUT2D eigenvalue weighted by atomic mass is 79.9. The van der Waals surface area contributed by atoms with Gasteiger partial charge in [0.05, 0.1) is 0 Å². The predicted molar refractivity (Wildman–Crippen MR) is 83.3 cm³/mol. The largest absolute Gasteiger partial charge is 0.313 e. The van der Waals surface area contributed by atoms with Crippen LogP contribution in [0.25, 0.3) is 0 Å². The molecule has 1 aromatic heterocycles. The lowest BCUT2D eigenvalue weighted by atomic mass is 9.93. The zero-order chi connectivity index (χ0) is 12.3. The first-order valence-electron chi connectivity index (χ1n) is 6.24. The molecule has 1 aromatic rings. The van der Waals surface area contributed by atoms with Crippen molar-refractivity contribution >= 4 is 39.0 Å². The van der Waals surface area contributed by atoms with Crippen molar-refractivity contribution in [3.63, 3.8) is 0 Å². The van der Waals surface area contributed by atoms with E-state index < -0.39 is 0 Å². The molecule has 1 nitrogen and oxygen atoms in total. The quantitative estimate of drug-likeness (QED) is 0.861. The van der Waals surface area contributed by atoms with Crippen molar-refractivity contribution < 1.29 is 0 Å². The summed E-state index contributed by atoms with van der Waals surface area (Å²) in [6.07, 6.45) is 3.88. The monoisotopic (exact) mass is 333 g/mol. The second kappa shape index (κ2) is 6.09. The van der Waals surface area contributed by atoms with Crippen LogP contribution in [0.3, 0.4) is 0 Å². The van der Waals surface area contributed by atoms with Crippen LogP contribution in [0.2, 0.25) is 0 Å². The summed E-state index contributed by atoms with van der Waals surface area (Å²) in [5.74, 6) is 1.33. The SMILES string of the molecule is CCNC(Cc1cc(Br)cs1)C1(C)CCCS1. The third kappa shape index (κ3) is 3.49. The van der Waals surface area contributed by atoms with Crippen molar-refractivity contribution in [1.29, 1.82) is 0 Å². The van der Waals surface area contributed by atoms with E-state index in [0.717, 1.165) is 13.0 Å². The van der Waals surface area contributed by atoms with Crippen molar-refractivity contribution in [2.75, 3.05) is 12.3 Å². The van der Waals surface area contributed by atoms with Crippen LogP contribution in [0.4, 0.5) is 0 Å². The summed E-state index contributed by atoms with van der Waals surface area (Å²) in [6, 6.07) is 2.86. The predicted octanol–water partition coefficient (Wildman–Crippen LogP) is 4.32. The van der Waals surface area contributed by atoms with E-state index in [0.29, 0.717) is 10.8 Å². The summed E-state index contributed by atoms with van der Waals surface area (Å²) in [7, 11) is 0. The molecule has 0 aromatic carbocycles. The molecule has 96 valence electrons. The maximum atomic E-state index is 3.69. The van der Waals surface area contributed by atoms with Gasteiger partial charge in [-0.25, -0.2) is 0 Å². The second-order valence-electron chi connectivity index (χ2n) is 4.81. The van der Waals surface area contributed by atoms with Gasteiger partial charge in [0.1, 0.15) is 0 Å². The molecule has 1 N–H and O–H groups in total. The van der Waals surface area contributed by atoms with Crippen LogP contribution in [0.15, 0.2) is 15.9 Å². The van der Waals surface area contributed by atoms with Gasteiger partial charge in [-0.15, -0.1) is 11.3 Å². The Kier molecular flexibility index (Phi) is 4.98. The van der Waals surface area contributed by atoms with Crippen LogP contribution in [-0.4, -0.2) is 23.1 Å². The number of hydrogen-bond acceptors (Lipinski definition) is 3. The fourth-order valence-electron chi connectivity index (χ4n) is 2.49. The third-order valence-corrected chi connectivity index (χ3v) is 6.82. The molecule has 4 heteroatoms. The Bertz CT molecular complexity index is 358. The molecule has 0 saturated carbocycles. The molecule has 2 atom stereocenters. The Morgan fingerprint density at radius 1 is 1.59 bits per heavy atom. The molecule has 0 radical (unpaired) electrons.